The fraction of sp³-hybridized carbons (Fsp3) is 0.208. The van der Waals surface area contributed by atoms with E-state index in [2.05, 4.69) is 5.32 Å². The van der Waals surface area contributed by atoms with Crippen molar-refractivity contribution in [2.24, 2.45) is 0 Å². The molecule has 1 atom stereocenters. The van der Waals surface area contributed by atoms with Crippen LogP contribution in [-0.2, 0) is 11.3 Å². The minimum absolute atomic E-state index is 0.111. The van der Waals surface area contributed by atoms with Crippen LogP contribution in [0, 0.1) is 5.82 Å². The summed E-state index contributed by atoms with van der Waals surface area (Å²) in [6, 6.07) is 17.8. The molecule has 3 aromatic rings. The molecule has 0 aromatic heterocycles. The number of alkyl carbamates (subject to hydrolysis) is 1. The summed E-state index contributed by atoms with van der Waals surface area (Å²) in [5.41, 5.74) is 2.03. The van der Waals surface area contributed by atoms with Crippen molar-refractivity contribution in [3.63, 3.8) is 0 Å². The maximum atomic E-state index is 13.5. The SMILES string of the molecule is COc1cc(OC)c(C(NC(=O)OCc2ccccc2)c2ccc(F)cc2)c(OC)c1. The second-order valence-corrected chi connectivity index (χ2v) is 6.64. The van der Waals surface area contributed by atoms with Crippen LogP contribution in [0.5, 0.6) is 17.2 Å². The van der Waals surface area contributed by atoms with Gasteiger partial charge in [0, 0.05) is 12.1 Å². The Morgan fingerprint density at radius 2 is 1.52 bits per heavy atom. The Hall–Kier alpha value is -3.74. The third kappa shape index (κ3) is 5.45. The van der Waals surface area contributed by atoms with Crippen LogP contribution < -0.4 is 19.5 Å². The summed E-state index contributed by atoms with van der Waals surface area (Å²) in [5, 5.41) is 2.84. The molecule has 0 heterocycles. The predicted octanol–water partition coefficient (Wildman–Crippen LogP) is 4.87. The first kappa shape index (κ1) is 22.0. The first-order valence-corrected chi connectivity index (χ1v) is 9.58. The van der Waals surface area contributed by atoms with E-state index in [1.807, 2.05) is 30.3 Å². The molecule has 0 aliphatic heterocycles. The van der Waals surface area contributed by atoms with E-state index in [-0.39, 0.29) is 12.4 Å². The van der Waals surface area contributed by atoms with Crippen molar-refractivity contribution in [3.8, 4) is 17.2 Å². The van der Waals surface area contributed by atoms with Gasteiger partial charge in [0.1, 0.15) is 29.7 Å². The zero-order chi connectivity index (χ0) is 22.2. The normalized spacial score (nSPS) is 11.4. The quantitative estimate of drug-likeness (QED) is 0.558. The zero-order valence-electron chi connectivity index (χ0n) is 17.6. The molecule has 31 heavy (non-hydrogen) atoms. The van der Waals surface area contributed by atoms with Crippen LogP contribution in [0.15, 0.2) is 66.7 Å². The number of hydrogen-bond acceptors (Lipinski definition) is 5. The minimum Gasteiger partial charge on any atom is -0.496 e. The minimum atomic E-state index is -0.723. The number of benzene rings is 3. The third-order valence-corrected chi connectivity index (χ3v) is 4.72. The lowest BCUT2D eigenvalue weighted by molar-refractivity contribution is 0.137. The van der Waals surface area contributed by atoms with Gasteiger partial charge in [-0.1, -0.05) is 42.5 Å². The molecule has 0 saturated carbocycles. The number of carbonyl (C=O) groups excluding carboxylic acids is 1. The smallest absolute Gasteiger partial charge is 0.408 e. The molecule has 1 unspecified atom stereocenters. The summed E-state index contributed by atoms with van der Waals surface area (Å²) in [6.07, 6.45) is -0.641. The van der Waals surface area contributed by atoms with Crippen molar-refractivity contribution in [2.45, 2.75) is 12.6 Å². The molecule has 0 aliphatic rings. The number of amides is 1. The van der Waals surface area contributed by atoms with Crippen molar-refractivity contribution in [1.82, 2.24) is 5.32 Å². The van der Waals surface area contributed by atoms with E-state index < -0.39 is 12.1 Å². The third-order valence-electron chi connectivity index (χ3n) is 4.72. The van der Waals surface area contributed by atoms with Crippen molar-refractivity contribution < 1.29 is 28.1 Å². The lowest BCUT2D eigenvalue weighted by Crippen LogP contribution is -2.30. The molecule has 162 valence electrons. The Balaban J connectivity index is 1.95. The average Bonchev–Trinajstić information content (AvgIpc) is 2.81. The number of halogens is 1. The number of rotatable bonds is 8. The first-order chi connectivity index (χ1) is 15.0. The van der Waals surface area contributed by atoms with Gasteiger partial charge < -0.3 is 24.3 Å². The Bertz CT molecular complexity index is 983. The molecule has 0 radical (unpaired) electrons. The van der Waals surface area contributed by atoms with Crippen molar-refractivity contribution in [1.29, 1.82) is 0 Å². The molecule has 1 N–H and O–H groups in total. The Labute approximate surface area is 180 Å². The fourth-order valence-corrected chi connectivity index (χ4v) is 3.18. The molecule has 0 aliphatic carbocycles. The highest BCUT2D eigenvalue weighted by atomic mass is 19.1. The van der Waals surface area contributed by atoms with Gasteiger partial charge in [0.15, 0.2) is 0 Å². The van der Waals surface area contributed by atoms with Gasteiger partial charge in [-0.15, -0.1) is 0 Å². The highest BCUT2D eigenvalue weighted by Gasteiger charge is 2.26. The molecule has 6 nitrogen and oxygen atoms in total. The van der Waals surface area contributed by atoms with E-state index in [9.17, 15) is 9.18 Å². The van der Waals surface area contributed by atoms with Gasteiger partial charge in [-0.3, -0.25) is 0 Å². The summed E-state index contributed by atoms with van der Waals surface area (Å²) in [4.78, 5) is 12.6. The Morgan fingerprint density at radius 1 is 0.903 bits per heavy atom. The summed E-state index contributed by atoms with van der Waals surface area (Å²) in [7, 11) is 4.55. The van der Waals surface area contributed by atoms with Gasteiger partial charge in [-0.25, -0.2) is 9.18 Å². The summed E-state index contributed by atoms with van der Waals surface area (Å²) in [6.45, 7) is 0.111. The number of ether oxygens (including phenoxy) is 4. The van der Waals surface area contributed by atoms with E-state index in [1.54, 1.807) is 24.3 Å². The van der Waals surface area contributed by atoms with Gasteiger partial charge in [-0.05, 0) is 23.3 Å². The summed E-state index contributed by atoms with van der Waals surface area (Å²) in [5.74, 6) is 1.02. The molecule has 0 saturated heterocycles. The maximum absolute atomic E-state index is 13.5. The van der Waals surface area contributed by atoms with Gasteiger partial charge in [0.05, 0.1) is 32.9 Å². The average molecular weight is 425 g/mol. The molecule has 1 amide bonds. The molecule has 0 fully saturated rings. The highest BCUT2D eigenvalue weighted by molar-refractivity contribution is 5.70. The van der Waals surface area contributed by atoms with Crippen LogP contribution >= 0.6 is 0 Å². The monoisotopic (exact) mass is 425 g/mol. The largest absolute Gasteiger partial charge is 0.496 e. The molecular weight excluding hydrogens is 401 g/mol. The van der Waals surface area contributed by atoms with Crippen LogP contribution in [0.25, 0.3) is 0 Å². The molecule has 3 rings (SSSR count). The maximum Gasteiger partial charge on any atom is 0.408 e. The standard InChI is InChI=1S/C24H24FNO5/c1-28-19-13-20(29-2)22(21(14-19)30-3)23(17-9-11-18(25)12-10-17)26-24(27)31-15-16-7-5-4-6-8-16/h4-14,23H,15H2,1-3H3,(H,26,27). The number of hydrogen-bond donors (Lipinski definition) is 1. The Morgan fingerprint density at radius 3 is 2.06 bits per heavy atom. The number of methoxy groups -OCH3 is 3. The fourth-order valence-electron chi connectivity index (χ4n) is 3.18. The van der Waals surface area contributed by atoms with E-state index in [0.717, 1.165) is 5.56 Å². The van der Waals surface area contributed by atoms with Crippen LogP contribution in [0.3, 0.4) is 0 Å². The molecule has 0 spiro atoms. The summed E-state index contributed by atoms with van der Waals surface area (Å²) < 4.78 is 35.3. The second-order valence-electron chi connectivity index (χ2n) is 6.64. The van der Waals surface area contributed by atoms with Crippen molar-refractivity contribution in [2.75, 3.05) is 21.3 Å². The van der Waals surface area contributed by atoms with Crippen LogP contribution in [-0.4, -0.2) is 27.4 Å². The van der Waals surface area contributed by atoms with Gasteiger partial charge in [0.25, 0.3) is 0 Å². The van der Waals surface area contributed by atoms with Crippen LogP contribution in [0.1, 0.15) is 22.7 Å². The predicted molar refractivity (Wildman–Crippen MR) is 114 cm³/mol. The zero-order valence-corrected chi connectivity index (χ0v) is 17.6. The lowest BCUT2D eigenvalue weighted by Gasteiger charge is -2.24. The number of carbonyl (C=O) groups is 1. The van der Waals surface area contributed by atoms with Gasteiger partial charge in [0.2, 0.25) is 0 Å². The van der Waals surface area contributed by atoms with E-state index in [4.69, 9.17) is 18.9 Å². The highest BCUT2D eigenvalue weighted by Crippen LogP contribution is 2.40. The van der Waals surface area contributed by atoms with Gasteiger partial charge in [-0.2, -0.15) is 0 Å². The first-order valence-electron chi connectivity index (χ1n) is 9.58. The summed E-state index contributed by atoms with van der Waals surface area (Å²) >= 11 is 0. The van der Waals surface area contributed by atoms with E-state index in [1.165, 1.54) is 33.5 Å². The topological polar surface area (TPSA) is 66.0 Å². The van der Waals surface area contributed by atoms with Crippen LogP contribution in [0.4, 0.5) is 9.18 Å². The van der Waals surface area contributed by atoms with E-state index >= 15 is 0 Å². The van der Waals surface area contributed by atoms with Crippen molar-refractivity contribution >= 4 is 6.09 Å². The molecular formula is C24H24FNO5. The van der Waals surface area contributed by atoms with Crippen LogP contribution in [0.2, 0.25) is 0 Å². The van der Waals surface area contributed by atoms with E-state index in [0.29, 0.717) is 28.4 Å². The van der Waals surface area contributed by atoms with Crippen molar-refractivity contribution in [3.05, 3.63) is 89.2 Å². The lowest BCUT2D eigenvalue weighted by atomic mass is 9.96. The second kappa shape index (κ2) is 10.3. The van der Waals surface area contributed by atoms with Gasteiger partial charge >= 0.3 is 6.09 Å². The molecule has 0 bridgehead atoms. The Kier molecular flexibility index (Phi) is 7.32. The number of nitrogens with one attached hydrogen (secondary N) is 1. The molecule has 3 aromatic carbocycles. The molecule has 7 heteroatoms.